The molecule has 27 heavy (non-hydrogen) atoms. The topological polar surface area (TPSA) is 24.7 Å². The first kappa shape index (κ1) is 19.5. The van der Waals surface area contributed by atoms with Gasteiger partial charge in [-0.15, -0.1) is 0 Å². The van der Waals surface area contributed by atoms with Gasteiger partial charge in [-0.2, -0.15) is 0 Å². The summed E-state index contributed by atoms with van der Waals surface area (Å²) in [5.41, 5.74) is 5.46. The molecule has 1 aliphatic carbocycles. The molecule has 0 spiro atoms. The first-order valence-electron chi connectivity index (χ1n) is 10.1. The van der Waals surface area contributed by atoms with Crippen molar-refractivity contribution in [2.75, 3.05) is 0 Å². The lowest BCUT2D eigenvalue weighted by molar-refractivity contribution is 0.280. The molecule has 2 unspecified atom stereocenters. The highest BCUT2D eigenvalue weighted by Crippen LogP contribution is 2.47. The van der Waals surface area contributed by atoms with Gasteiger partial charge in [-0.25, -0.2) is 0 Å². The molecule has 0 saturated carbocycles. The lowest BCUT2D eigenvalue weighted by Gasteiger charge is -2.38. The maximum Gasteiger partial charge on any atom is 0.0752 e. The SMILES string of the molecule is CC(C)N=Cc1ccc(C=NC2CCC(C(C)(C)C)c3ccccc32)cc1. The summed E-state index contributed by atoms with van der Waals surface area (Å²) in [5, 5.41) is 0. The Kier molecular flexibility index (Phi) is 5.94. The van der Waals surface area contributed by atoms with Crippen LogP contribution in [0.15, 0.2) is 58.5 Å². The van der Waals surface area contributed by atoms with Crippen molar-refractivity contribution in [3.8, 4) is 0 Å². The number of hydrogen-bond donors (Lipinski definition) is 0. The van der Waals surface area contributed by atoms with Crippen LogP contribution in [0.5, 0.6) is 0 Å². The molecule has 0 radical (unpaired) electrons. The molecule has 2 aromatic rings. The third kappa shape index (κ3) is 4.94. The quantitative estimate of drug-likeness (QED) is 0.549. The Hall–Kier alpha value is -2.22. The van der Waals surface area contributed by atoms with Crippen LogP contribution in [0.2, 0.25) is 0 Å². The molecule has 3 rings (SSSR count). The Bertz CT molecular complexity index is 807. The molecule has 0 amide bonds. The van der Waals surface area contributed by atoms with E-state index in [1.54, 1.807) is 0 Å². The third-order valence-corrected chi connectivity index (χ3v) is 5.37. The van der Waals surface area contributed by atoms with E-state index in [4.69, 9.17) is 4.99 Å². The molecule has 0 fully saturated rings. The van der Waals surface area contributed by atoms with Crippen LogP contribution < -0.4 is 0 Å². The van der Waals surface area contributed by atoms with Gasteiger partial charge in [-0.1, -0.05) is 69.3 Å². The molecule has 0 aromatic heterocycles. The first-order valence-corrected chi connectivity index (χ1v) is 10.1. The van der Waals surface area contributed by atoms with Crippen LogP contribution in [0, 0.1) is 5.41 Å². The minimum Gasteiger partial charge on any atom is -0.290 e. The second kappa shape index (κ2) is 8.21. The average molecular weight is 361 g/mol. The van der Waals surface area contributed by atoms with Gasteiger partial charge in [0.15, 0.2) is 0 Å². The number of aliphatic imine (C=N–C) groups is 2. The summed E-state index contributed by atoms with van der Waals surface area (Å²) in [6, 6.07) is 17.9. The summed E-state index contributed by atoms with van der Waals surface area (Å²) in [6.45, 7) is 11.2. The summed E-state index contributed by atoms with van der Waals surface area (Å²) in [7, 11) is 0. The van der Waals surface area contributed by atoms with E-state index >= 15 is 0 Å². The minimum atomic E-state index is 0.266. The first-order chi connectivity index (χ1) is 12.8. The standard InChI is InChI=1S/C25H32N2/c1-18(2)26-16-19-10-12-20(13-11-19)17-27-24-15-14-23(25(3,4)5)21-8-6-7-9-22(21)24/h6-13,16-18,23-24H,14-15H2,1-5H3. The fraction of sp³-hybridized carbons (Fsp3) is 0.440. The van der Waals surface area contributed by atoms with E-state index in [-0.39, 0.29) is 11.5 Å². The molecule has 0 N–H and O–H groups in total. The summed E-state index contributed by atoms with van der Waals surface area (Å²) in [5.74, 6) is 0.611. The third-order valence-electron chi connectivity index (χ3n) is 5.37. The molecule has 142 valence electrons. The molecule has 2 atom stereocenters. The predicted octanol–water partition coefficient (Wildman–Crippen LogP) is 6.60. The van der Waals surface area contributed by atoms with Crippen LogP contribution in [0.3, 0.4) is 0 Å². The van der Waals surface area contributed by atoms with Gasteiger partial charge in [0.25, 0.3) is 0 Å². The highest BCUT2D eigenvalue weighted by atomic mass is 14.8. The highest BCUT2D eigenvalue weighted by molar-refractivity contribution is 5.84. The zero-order valence-electron chi connectivity index (χ0n) is 17.3. The normalized spacial score (nSPS) is 20.5. The monoisotopic (exact) mass is 360 g/mol. The molecule has 2 aromatic carbocycles. The minimum absolute atomic E-state index is 0.266. The maximum absolute atomic E-state index is 4.96. The van der Waals surface area contributed by atoms with Gasteiger partial charge in [0.2, 0.25) is 0 Å². The largest absolute Gasteiger partial charge is 0.290 e. The summed E-state index contributed by atoms with van der Waals surface area (Å²) < 4.78 is 0. The van der Waals surface area contributed by atoms with Gasteiger partial charge in [0.05, 0.1) is 6.04 Å². The highest BCUT2D eigenvalue weighted by Gasteiger charge is 2.33. The van der Waals surface area contributed by atoms with Crippen molar-refractivity contribution in [1.29, 1.82) is 0 Å². The molecule has 0 saturated heterocycles. The van der Waals surface area contributed by atoms with Crippen molar-refractivity contribution in [3.05, 3.63) is 70.8 Å². The maximum atomic E-state index is 4.96. The summed E-state index contributed by atoms with van der Waals surface area (Å²) in [4.78, 5) is 9.39. The smallest absolute Gasteiger partial charge is 0.0752 e. The van der Waals surface area contributed by atoms with Crippen LogP contribution in [0.1, 0.15) is 81.7 Å². The van der Waals surface area contributed by atoms with E-state index in [1.807, 2.05) is 12.4 Å². The Morgan fingerprint density at radius 3 is 2.04 bits per heavy atom. The van der Waals surface area contributed by atoms with E-state index in [0.29, 0.717) is 12.0 Å². The van der Waals surface area contributed by atoms with Crippen molar-refractivity contribution in [2.45, 2.75) is 65.5 Å². The van der Waals surface area contributed by atoms with Gasteiger partial charge in [-0.05, 0) is 60.3 Å². The van der Waals surface area contributed by atoms with Crippen LogP contribution in [0.4, 0.5) is 0 Å². The van der Waals surface area contributed by atoms with Gasteiger partial charge < -0.3 is 0 Å². The van der Waals surface area contributed by atoms with Gasteiger partial charge in [-0.3, -0.25) is 9.98 Å². The molecule has 1 aliphatic rings. The number of rotatable bonds is 4. The van der Waals surface area contributed by atoms with E-state index < -0.39 is 0 Å². The van der Waals surface area contributed by atoms with Crippen molar-refractivity contribution in [3.63, 3.8) is 0 Å². The average Bonchev–Trinajstić information content (AvgIpc) is 2.64. The van der Waals surface area contributed by atoms with Crippen molar-refractivity contribution in [1.82, 2.24) is 0 Å². The van der Waals surface area contributed by atoms with E-state index in [2.05, 4.69) is 88.1 Å². The predicted molar refractivity (Wildman–Crippen MR) is 117 cm³/mol. The Labute approximate surface area is 164 Å². The Balaban J connectivity index is 1.77. The van der Waals surface area contributed by atoms with Crippen LogP contribution in [-0.4, -0.2) is 18.5 Å². The van der Waals surface area contributed by atoms with Crippen LogP contribution >= 0.6 is 0 Å². The van der Waals surface area contributed by atoms with Crippen LogP contribution in [0.25, 0.3) is 0 Å². The zero-order valence-corrected chi connectivity index (χ0v) is 17.3. The second-order valence-electron chi connectivity index (χ2n) is 8.96. The molecule has 0 heterocycles. The van der Waals surface area contributed by atoms with Crippen molar-refractivity contribution in [2.24, 2.45) is 15.4 Å². The molecule has 0 aliphatic heterocycles. The Morgan fingerprint density at radius 1 is 0.852 bits per heavy atom. The summed E-state index contributed by atoms with van der Waals surface area (Å²) >= 11 is 0. The molecule has 2 heteroatoms. The van der Waals surface area contributed by atoms with E-state index in [0.717, 1.165) is 17.5 Å². The fourth-order valence-corrected chi connectivity index (χ4v) is 3.90. The molecule has 0 bridgehead atoms. The summed E-state index contributed by atoms with van der Waals surface area (Å²) in [6.07, 6.45) is 6.29. The van der Waals surface area contributed by atoms with E-state index in [1.165, 1.54) is 17.5 Å². The molecule has 2 nitrogen and oxygen atoms in total. The Morgan fingerprint density at radius 2 is 1.44 bits per heavy atom. The number of benzene rings is 2. The van der Waals surface area contributed by atoms with Crippen LogP contribution in [-0.2, 0) is 0 Å². The fourth-order valence-electron chi connectivity index (χ4n) is 3.90. The van der Waals surface area contributed by atoms with Gasteiger partial charge >= 0.3 is 0 Å². The lowest BCUT2D eigenvalue weighted by Crippen LogP contribution is -2.24. The van der Waals surface area contributed by atoms with Gasteiger partial charge in [0.1, 0.15) is 0 Å². The molecular formula is C25H32N2. The number of fused-ring (bicyclic) bond motifs is 1. The molecular weight excluding hydrogens is 328 g/mol. The second-order valence-corrected chi connectivity index (χ2v) is 8.96. The number of nitrogens with zero attached hydrogens (tertiary/aromatic N) is 2. The van der Waals surface area contributed by atoms with Crippen molar-refractivity contribution >= 4 is 12.4 Å². The zero-order chi connectivity index (χ0) is 19.4. The van der Waals surface area contributed by atoms with E-state index in [9.17, 15) is 0 Å². The van der Waals surface area contributed by atoms with Gasteiger partial charge in [0, 0.05) is 18.5 Å². The van der Waals surface area contributed by atoms with Crippen molar-refractivity contribution < 1.29 is 0 Å². The lowest BCUT2D eigenvalue weighted by atomic mass is 9.68. The number of hydrogen-bond acceptors (Lipinski definition) is 2.